The van der Waals surface area contributed by atoms with Crippen LogP contribution in [-0.2, 0) is 4.79 Å². The summed E-state index contributed by atoms with van der Waals surface area (Å²) in [4.78, 5) is 11.9. The molecule has 5 N–H and O–H groups in total. The number of nitrogens with two attached hydrogens (primary N) is 1. The van der Waals surface area contributed by atoms with Gasteiger partial charge in [-0.05, 0) is 43.4 Å². The van der Waals surface area contributed by atoms with Gasteiger partial charge in [-0.25, -0.2) is 5.48 Å². The lowest BCUT2D eigenvalue weighted by Crippen LogP contribution is -2.38. The minimum atomic E-state index is -0.462. The van der Waals surface area contributed by atoms with Gasteiger partial charge in [-0.1, -0.05) is 38.2 Å². The van der Waals surface area contributed by atoms with Gasteiger partial charge in [0.2, 0.25) is 0 Å². The Balaban J connectivity index is 1.99. The molecule has 0 aliphatic heterocycles. The fraction of sp³-hybridized carbons (Fsp3) is 0.588. The molecule has 1 aliphatic carbocycles. The van der Waals surface area contributed by atoms with E-state index in [0.717, 1.165) is 17.7 Å². The molecule has 22 heavy (non-hydrogen) atoms. The Morgan fingerprint density at radius 2 is 2.09 bits per heavy atom. The van der Waals surface area contributed by atoms with Crippen LogP contribution in [0.1, 0.15) is 50.5 Å². The number of carbonyl (C=O) groups excluding carboxylic acids is 1. The van der Waals surface area contributed by atoms with Gasteiger partial charge in [0.05, 0.1) is 11.4 Å². The molecule has 0 saturated heterocycles. The van der Waals surface area contributed by atoms with Crippen LogP contribution in [0.4, 0.5) is 11.4 Å². The van der Waals surface area contributed by atoms with Crippen LogP contribution in [-0.4, -0.2) is 17.2 Å². The van der Waals surface area contributed by atoms with E-state index in [2.05, 4.69) is 5.32 Å². The molecule has 1 amide bonds. The van der Waals surface area contributed by atoms with E-state index in [4.69, 9.17) is 10.9 Å². The van der Waals surface area contributed by atoms with E-state index < -0.39 is 11.9 Å². The highest BCUT2D eigenvalue weighted by atomic mass is 16.5. The first-order valence-corrected chi connectivity index (χ1v) is 8.16. The summed E-state index contributed by atoms with van der Waals surface area (Å²) < 4.78 is 0. The number of benzene rings is 1. The van der Waals surface area contributed by atoms with Crippen LogP contribution in [0, 0.1) is 12.8 Å². The van der Waals surface area contributed by atoms with Crippen LogP contribution < -0.4 is 16.5 Å². The molecule has 0 aromatic heterocycles. The maximum absolute atomic E-state index is 11.9. The molecule has 0 unspecified atom stereocenters. The van der Waals surface area contributed by atoms with Crippen molar-refractivity contribution in [1.82, 2.24) is 5.48 Å². The maximum Gasteiger partial charge on any atom is 0.265 e. The summed E-state index contributed by atoms with van der Waals surface area (Å²) in [6.07, 6.45) is 8.11. The lowest BCUT2D eigenvalue weighted by molar-refractivity contribution is -0.130. The van der Waals surface area contributed by atoms with Gasteiger partial charge in [0.15, 0.2) is 0 Å². The third-order valence-electron chi connectivity index (χ3n) is 4.55. The molecule has 1 saturated carbocycles. The van der Waals surface area contributed by atoms with E-state index >= 15 is 0 Å². The number of aryl methyl sites for hydroxylation is 1. The van der Waals surface area contributed by atoms with Crippen molar-refractivity contribution >= 4 is 17.3 Å². The standard InChI is InChI=1S/C17H27N3O2/c1-12-7-9-14(18)16(11-12)19-15(17(21)20-22)10-8-13-5-3-2-4-6-13/h7,9,11,13,15,19,22H,2-6,8,10,18H2,1H3,(H,20,21)/t15-/m0/s1. The molecule has 1 atom stereocenters. The second-order valence-corrected chi connectivity index (χ2v) is 6.35. The van der Waals surface area contributed by atoms with Crippen molar-refractivity contribution in [3.05, 3.63) is 23.8 Å². The third-order valence-corrected chi connectivity index (χ3v) is 4.55. The molecule has 0 radical (unpaired) electrons. The molecule has 1 fully saturated rings. The lowest BCUT2D eigenvalue weighted by atomic mass is 9.85. The van der Waals surface area contributed by atoms with Gasteiger partial charge < -0.3 is 11.1 Å². The number of hydrogen-bond acceptors (Lipinski definition) is 4. The second kappa shape index (κ2) is 8.03. The molecular formula is C17H27N3O2. The Bertz CT molecular complexity index is 499. The summed E-state index contributed by atoms with van der Waals surface area (Å²) in [6, 6.07) is 5.22. The van der Waals surface area contributed by atoms with Crippen LogP contribution in [0.3, 0.4) is 0 Å². The quantitative estimate of drug-likeness (QED) is 0.369. The van der Waals surface area contributed by atoms with Crippen LogP contribution in [0.5, 0.6) is 0 Å². The summed E-state index contributed by atoms with van der Waals surface area (Å²) in [5, 5.41) is 12.2. The fourth-order valence-electron chi connectivity index (χ4n) is 3.21. The summed E-state index contributed by atoms with van der Waals surface area (Å²) in [7, 11) is 0. The van der Waals surface area contributed by atoms with Gasteiger partial charge >= 0.3 is 0 Å². The fourth-order valence-corrected chi connectivity index (χ4v) is 3.21. The minimum absolute atomic E-state index is 0.406. The Hall–Kier alpha value is -1.75. The largest absolute Gasteiger partial charge is 0.397 e. The van der Waals surface area contributed by atoms with E-state index in [1.165, 1.54) is 32.1 Å². The number of amides is 1. The van der Waals surface area contributed by atoms with Crippen LogP contribution >= 0.6 is 0 Å². The van der Waals surface area contributed by atoms with E-state index in [-0.39, 0.29) is 0 Å². The SMILES string of the molecule is Cc1ccc(N)c(N[C@@H](CCC2CCCCC2)C(=O)NO)c1. The highest BCUT2D eigenvalue weighted by Gasteiger charge is 2.21. The lowest BCUT2D eigenvalue weighted by Gasteiger charge is -2.25. The summed E-state index contributed by atoms with van der Waals surface area (Å²) >= 11 is 0. The molecule has 5 heteroatoms. The zero-order valence-corrected chi connectivity index (χ0v) is 13.3. The first-order chi connectivity index (χ1) is 10.6. The van der Waals surface area contributed by atoms with Crippen molar-refractivity contribution in [3.8, 4) is 0 Å². The summed E-state index contributed by atoms with van der Waals surface area (Å²) in [5.74, 6) is 0.288. The highest BCUT2D eigenvalue weighted by Crippen LogP contribution is 2.29. The van der Waals surface area contributed by atoms with E-state index in [9.17, 15) is 4.79 Å². The Morgan fingerprint density at radius 1 is 1.36 bits per heavy atom. The molecule has 1 aliphatic rings. The Morgan fingerprint density at radius 3 is 2.77 bits per heavy atom. The Labute approximate surface area is 132 Å². The predicted molar refractivity (Wildman–Crippen MR) is 88.7 cm³/mol. The van der Waals surface area contributed by atoms with Gasteiger partial charge in [-0.3, -0.25) is 10.0 Å². The van der Waals surface area contributed by atoms with Crippen molar-refractivity contribution in [2.24, 2.45) is 5.92 Å². The predicted octanol–water partition coefficient (Wildman–Crippen LogP) is 3.22. The average Bonchev–Trinajstić information content (AvgIpc) is 2.54. The monoisotopic (exact) mass is 305 g/mol. The second-order valence-electron chi connectivity index (χ2n) is 6.35. The number of nitrogen functional groups attached to an aromatic ring is 1. The number of hydrogen-bond donors (Lipinski definition) is 4. The number of rotatable bonds is 6. The van der Waals surface area contributed by atoms with E-state index in [1.54, 1.807) is 5.48 Å². The molecule has 1 aromatic rings. The Kier molecular flexibility index (Phi) is 6.07. The molecular weight excluding hydrogens is 278 g/mol. The van der Waals surface area contributed by atoms with Gasteiger partial charge in [0, 0.05) is 0 Å². The van der Waals surface area contributed by atoms with Crippen molar-refractivity contribution in [2.45, 2.75) is 57.9 Å². The number of hydroxylamine groups is 1. The van der Waals surface area contributed by atoms with Gasteiger partial charge in [0.1, 0.15) is 6.04 Å². The third kappa shape index (κ3) is 4.63. The smallest absolute Gasteiger partial charge is 0.265 e. The van der Waals surface area contributed by atoms with Crippen molar-refractivity contribution < 1.29 is 10.0 Å². The van der Waals surface area contributed by atoms with Crippen LogP contribution in [0.25, 0.3) is 0 Å². The number of nitrogens with one attached hydrogen (secondary N) is 2. The minimum Gasteiger partial charge on any atom is -0.397 e. The molecule has 1 aromatic carbocycles. The van der Waals surface area contributed by atoms with Crippen LogP contribution in [0.15, 0.2) is 18.2 Å². The van der Waals surface area contributed by atoms with Gasteiger partial charge in [-0.2, -0.15) is 0 Å². The molecule has 122 valence electrons. The zero-order valence-electron chi connectivity index (χ0n) is 13.3. The highest BCUT2D eigenvalue weighted by molar-refractivity contribution is 5.85. The molecule has 5 nitrogen and oxygen atoms in total. The van der Waals surface area contributed by atoms with Crippen molar-refractivity contribution in [1.29, 1.82) is 0 Å². The molecule has 0 bridgehead atoms. The average molecular weight is 305 g/mol. The van der Waals surface area contributed by atoms with E-state index in [0.29, 0.717) is 18.0 Å². The molecule has 0 spiro atoms. The van der Waals surface area contributed by atoms with Gasteiger partial charge in [-0.15, -0.1) is 0 Å². The normalized spacial score (nSPS) is 17.0. The first kappa shape index (κ1) is 16.6. The molecule has 2 rings (SSSR count). The maximum atomic E-state index is 11.9. The summed E-state index contributed by atoms with van der Waals surface area (Å²) in [6.45, 7) is 1.98. The summed E-state index contributed by atoms with van der Waals surface area (Å²) in [5.41, 5.74) is 10.2. The van der Waals surface area contributed by atoms with Crippen molar-refractivity contribution in [3.63, 3.8) is 0 Å². The zero-order chi connectivity index (χ0) is 15.9. The van der Waals surface area contributed by atoms with Gasteiger partial charge in [0.25, 0.3) is 5.91 Å². The topological polar surface area (TPSA) is 87.4 Å². The number of anilines is 2. The first-order valence-electron chi connectivity index (χ1n) is 8.16. The molecule has 0 heterocycles. The van der Waals surface area contributed by atoms with E-state index in [1.807, 2.05) is 25.1 Å². The van der Waals surface area contributed by atoms with Crippen LogP contribution in [0.2, 0.25) is 0 Å². The number of carbonyl (C=O) groups is 1. The van der Waals surface area contributed by atoms with Crippen molar-refractivity contribution in [2.75, 3.05) is 11.1 Å².